The molecule has 0 aliphatic rings. The van der Waals surface area contributed by atoms with Crippen molar-refractivity contribution in [1.82, 2.24) is 0 Å². The van der Waals surface area contributed by atoms with Crippen LogP contribution in [0.4, 0.5) is 11.4 Å². The molecular weight excluding hydrogens is 130 g/mol. The molecule has 10 heavy (non-hydrogen) atoms. The van der Waals surface area contributed by atoms with Gasteiger partial charge in [-0.1, -0.05) is 12.1 Å². The number of nitroso groups, excluding NO2 is 1. The smallest absolute Gasteiger partial charge is 0.135 e. The van der Waals surface area contributed by atoms with Gasteiger partial charge in [-0.15, -0.1) is 4.91 Å². The number of nitrogens with one attached hydrogen (secondary N) is 1. The predicted octanol–water partition coefficient (Wildman–Crippen LogP) is 2.75. The number of rotatable bonds is 2. The molecule has 0 saturated heterocycles. The highest BCUT2D eigenvalue weighted by Gasteiger charge is 1.96. The molecule has 4 heteroatoms. The van der Waals surface area contributed by atoms with Crippen LogP contribution in [0.5, 0.6) is 0 Å². The van der Waals surface area contributed by atoms with Crippen molar-refractivity contribution in [3.8, 4) is 0 Å². The van der Waals surface area contributed by atoms with E-state index in [2.05, 4.69) is 10.3 Å². The van der Waals surface area contributed by atoms with Crippen LogP contribution in [0.15, 0.2) is 34.6 Å². The van der Waals surface area contributed by atoms with E-state index >= 15 is 0 Å². The summed E-state index contributed by atoms with van der Waals surface area (Å²) in [6, 6.07) is 6.44. The van der Waals surface area contributed by atoms with E-state index in [1.165, 1.54) is 6.07 Å². The molecule has 0 aliphatic carbocycles. The maximum atomic E-state index is 9.99. The molecule has 0 fully saturated rings. The van der Waals surface area contributed by atoms with E-state index < -0.39 is 0 Å². The lowest BCUT2D eigenvalue weighted by molar-refractivity contribution is 1.14. The van der Waals surface area contributed by atoms with Gasteiger partial charge in [0.1, 0.15) is 11.4 Å². The van der Waals surface area contributed by atoms with E-state index in [4.69, 9.17) is 5.53 Å². The minimum Gasteiger partial charge on any atom is -0.204 e. The minimum atomic E-state index is 0.206. The Morgan fingerprint density at radius 1 is 1.20 bits per heavy atom. The molecule has 1 aromatic carbocycles. The molecule has 1 aromatic rings. The third-order valence-corrected chi connectivity index (χ3v) is 1.10. The lowest BCUT2D eigenvalue weighted by atomic mass is 10.3. The molecule has 0 heterocycles. The van der Waals surface area contributed by atoms with Crippen LogP contribution in [0.2, 0.25) is 0 Å². The number of hydrogen-bond acceptors (Lipinski definition) is 4. The molecule has 0 radical (unpaired) electrons. The molecule has 1 N–H and O–H groups in total. The van der Waals surface area contributed by atoms with Crippen LogP contribution in [0, 0.1) is 10.4 Å². The molecule has 0 aromatic heterocycles. The van der Waals surface area contributed by atoms with Crippen LogP contribution in [-0.2, 0) is 0 Å². The standard InChI is InChI=1S/C6H5N3O/c7-8-5-3-1-2-4-6(5)9-10/h1-4,7H. The van der Waals surface area contributed by atoms with Crippen molar-refractivity contribution in [1.29, 1.82) is 5.53 Å². The topological polar surface area (TPSA) is 65.6 Å². The van der Waals surface area contributed by atoms with Crippen molar-refractivity contribution < 1.29 is 0 Å². The zero-order valence-corrected chi connectivity index (χ0v) is 5.11. The van der Waals surface area contributed by atoms with Gasteiger partial charge in [0.05, 0.1) is 0 Å². The molecule has 1 rings (SSSR count). The average molecular weight is 135 g/mol. The van der Waals surface area contributed by atoms with E-state index in [-0.39, 0.29) is 5.69 Å². The lowest BCUT2D eigenvalue weighted by Gasteiger charge is -1.90. The van der Waals surface area contributed by atoms with Crippen molar-refractivity contribution in [2.75, 3.05) is 0 Å². The number of hydrogen-bond donors (Lipinski definition) is 1. The molecule has 0 atom stereocenters. The van der Waals surface area contributed by atoms with Gasteiger partial charge in [0.2, 0.25) is 0 Å². The van der Waals surface area contributed by atoms with Gasteiger partial charge in [-0.2, -0.15) is 5.11 Å². The summed E-state index contributed by atoms with van der Waals surface area (Å²) in [4.78, 5) is 9.99. The van der Waals surface area contributed by atoms with Crippen molar-refractivity contribution in [2.24, 2.45) is 10.3 Å². The first kappa shape index (κ1) is 6.54. The fraction of sp³-hybridized carbons (Fsp3) is 0. The highest BCUT2D eigenvalue weighted by molar-refractivity contribution is 5.60. The second-order valence-corrected chi connectivity index (χ2v) is 1.69. The first-order valence-corrected chi connectivity index (χ1v) is 2.68. The van der Waals surface area contributed by atoms with Crippen molar-refractivity contribution in [3.63, 3.8) is 0 Å². The minimum absolute atomic E-state index is 0.206. The van der Waals surface area contributed by atoms with E-state index in [1.54, 1.807) is 18.2 Å². The quantitative estimate of drug-likeness (QED) is 0.491. The Morgan fingerprint density at radius 3 is 2.20 bits per heavy atom. The Kier molecular flexibility index (Phi) is 1.84. The fourth-order valence-corrected chi connectivity index (χ4v) is 0.636. The third kappa shape index (κ3) is 1.05. The zero-order valence-electron chi connectivity index (χ0n) is 5.11. The molecule has 0 unspecified atom stereocenters. The molecule has 0 amide bonds. The van der Waals surface area contributed by atoms with E-state index in [0.717, 1.165) is 0 Å². The molecule has 0 bridgehead atoms. The van der Waals surface area contributed by atoms with Gasteiger partial charge in [0.25, 0.3) is 0 Å². The van der Waals surface area contributed by atoms with Gasteiger partial charge < -0.3 is 0 Å². The number of para-hydroxylation sites is 1. The van der Waals surface area contributed by atoms with Crippen molar-refractivity contribution in [3.05, 3.63) is 29.2 Å². The van der Waals surface area contributed by atoms with Crippen LogP contribution in [0.3, 0.4) is 0 Å². The van der Waals surface area contributed by atoms with Crippen LogP contribution < -0.4 is 0 Å². The SMILES string of the molecule is N=Nc1ccccc1N=O. The second-order valence-electron chi connectivity index (χ2n) is 1.69. The maximum Gasteiger partial charge on any atom is 0.135 e. The van der Waals surface area contributed by atoms with Gasteiger partial charge in [-0.25, -0.2) is 5.53 Å². The summed E-state index contributed by atoms with van der Waals surface area (Å²) in [5.41, 5.74) is 7.12. The molecular formula is C6H5N3O. The third-order valence-electron chi connectivity index (χ3n) is 1.10. The van der Waals surface area contributed by atoms with Gasteiger partial charge in [-0.05, 0) is 17.3 Å². The van der Waals surface area contributed by atoms with Crippen LogP contribution >= 0.6 is 0 Å². The van der Waals surface area contributed by atoms with Gasteiger partial charge in [0.15, 0.2) is 0 Å². The lowest BCUT2D eigenvalue weighted by Crippen LogP contribution is -1.62. The molecule has 50 valence electrons. The normalized spacial score (nSPS) is 8.80. The Morgan fingerprint density at radius 2 is 1.80 bits per heavy atom. The highest BCUT2D eigenvalue weighted by atomic mass is 16.3. The average Bonchev–Trinajstić information content (AvgIpc) is 2.04. The van der Waals surface area contributed by atoms with Crippen molar-refractivity contribution >= 4 is 11.4 Å². The number of benzene rings is 1. The van der Waals surface area contributed by atoms with E-state index in [9.17, 15) is 4.91 Å². The van der Waals surface area contributed by atoms with Crippen LogP contribution in [0.25, 0.3) is 0 Å². The summed E-state index contributed by atoms with van der Waals surface area (Å²) >= 11 is 0. The maximum absolute atomic E-state index is 9.99. The zero-order chi connectivity index (χ0) is 7.40. The first-order valence-electron chi connectivity index (χ1n) is 2.68. The summed E-state index contributed by atoms with van der Waals surface area (Å²) in [7, 11) is 0. The van der Waals surface area contributed by atoms with Crippen LogP contribution in [-0.4, -0.2) is 0 Å². The van der Waals surface area contributed by atoms with Gasteiger partial charge in [-0.3, -0.25) is 0 Å². The fourth-order valence-electron chi connectivity index (χ4n) is 0.636. The highest BCUT2D eigenvalue weighted by Crippen LogP contribution is 2.25. The molecule has 4 nitrogen and oxygen atoms in total. The van der Waals surface area contributed by atoms with E-state index in [1.807, 2.05) is 0 Å². The van der Waals surface area contributed by atoms with E-state index in [0.29, 0.717) is 5.69 Å². The molecule has 0 aliphatic heterocycles. The summed E-state index contributed by atoms with van der Waals surface area (Å²) in [6.07, 6.45) is 0. The van der Waals surface area contributed by atoms with Crippen LogP contribution in [0.1, 0.15) is 0 Å². The van der Waals surface area contributed by atoms with Gasteiger partial charge >= 0.3 is 0 Å². The Bertz CT molecular complexity index is 232. The summed E-state index contributed by atoms with van der Waals surface area (Å²) in [5.74, 6) is 0. The predicted molar refractivity (Wildman–Crippen MR) is 36.7 cm³/mol. The molecule has 0 saturated carbocycles. The summed E-state index contributed by atoms with van der Waals surface area (Å²) < 4.78 is 0. The first-order chi connectivity index (χ1) is 4.88. The second kappa shape index (κ2) is 2.82. The monoisotopic (exact) mass is 135 g/mol. The number of nitrogens with zero attached hydrogens (tertiary/aromatic N) is 2. The van der Waals surface area contributed by atoms with Gasteiger partial charge in [0, 0.05) is 0 Å². The van der Waals surface area contributed by atoms with Crippen molar-refractivity contribution in [2.45, 2.75) is 0 Å². The Hall–Kier alpha value is -1.58. The Balaban J connectivity index is 3.20. The molecule has 0 spiro atoms. The summed E-state index contributed by atoms with van der Waals surface area (Å²) in [6.45, 7) is 0. The largest absolute Gasteiger partial charge is 0.204 e. The Labute approximate surface area is 57.4 Å². The summed E-state index contributed by atoms with van der Waals surface area (Å²) in [5, 5.41) is 5.78.